The molecule has 0 aliphatic carbocycles. The minimum absolute atomic E-state index is 0.0525. The summed E-state index contributed by atoms with van der Waals surface area (Å²) in [6.45, 7) is 6.11. The van der Waals surface area contributed by atoms with E-state index in [-0.39, 0.29) is 18.0 Å². The Hall–Kier alpha value is -2.87. The van der Waals surface area contributed by atoms with Crippen LogP contribution >= 0.6 is 11.8 Å². The molecule has 1 N–H and O–H groups in total. The number of pyridine rings is 1. The average molecular weight is 395 g/mol. The van der Waals surface area contributed by atoms with Crippen molar-refractivity contribution in [3.05, 3.63) is 54.4 Å². The lowest BCUT2D eigenvalue weighted by atomic mass is 10.1. The van der Waals surface area contributed by atoms with Gasteiger partial charge in [0.2, 0.25) is 11.7 Å². The zero-order valence-corrected chi connectivity index (χ0v) is 16.9. The van der Waals surface area contributed by atoms with Crippen molar-refractivity contribution in [2.75, 3.05) is 0 Å². The molecule has 4 aromatic rings. The number of hydrogen-bond donors (Lipinski definition) is 1. The molecule has 0 aliphatic rings. The molecule has 0 fully saturated rings. The highest BCUT2D eigenvalue weighted by Crippen LogP contribution is 2.27. The van der Waals surface area contributed by atoms with E-state index >= 15 is 0 Å². The number of carbonyl (C=O) groups is 1. The van der Waals surface area contributed by atoms with E-state index in [1.165, 1.54) is 0 Å². The number of nitrogens with zero attached hydrogens (tertiary/aromatic N) is 5. The molecule has 0 aliphatic heterocycles. The molecule has 0 bridgehead atoms. The number of thioether (sulfide) groups is 1. The van der Waals surface area contributed by atoms with E-state index in [4.69, 9.17) is 0 Å². The van der Waals surface area contributed by atoms with Crippen molar-refractivity contribution in [2.24, 2.45) is 0 Å². The van der Waals surface area contributed by atoms with Crippen LogP contribution in [0.5, 0.6) is 0 Å². The molecule has 1 amide bonds. The molecule has 3 aromatic heterocycles. The number of fused-ring (bicyclic) bond motifs is 3. The van der Waals surface area contributed by atoms with Gasteiger partial charge in [0.25, 0.3) is 0 Å². The molecule has 4 rings (SSSR count). The molecule has 144 valence electrons. The Morgan fingerprint density at radius 3 is 2.61 bits per heavy atom. The van der Waals surface area contributed by atoms with Gasteiger partial charge in [0.1, 0.15) is 6.54 Å². The minimum Gasteiger partial charge on any atom is -0.350 e. The van der Waals surface area contributed by atoms with Crippen LogP contribution < -0.4 is 5.32 Å². The van der Waals surface area contributed by atoms with Gasteiger partial charge in [-0.3, -0.25) is 18.7 Å². The van der Waals surface area contributed by atoms with Crippen LogP contribution in [0.1, 0.15) is 26.3 Å². The Morgan fingerprint density at radius 1 is 1.11 bits per heavy atom. The normalized spacial score (nSPS) is 12.0. The van der Waals surface area contributed by atoms with Crippen molar-refractivity contribution < 1.29 is 4.79 Å². The zero-order valence-electron chi connectivity index (χ0n) is 16.1. The van der Waals surface area contributed by atoms with Gasteiger partial charge in [0, 0.05) is 23.7 Å². The minimum atomic E-state index is -0.283. The lowest BCUT2D eigenvalue weighted by Gasteiger charge is -2.20. The number of amides is 1. The third-order valence-electron chi connectivity index (χ3n) is 4.18. The molecule has 7 nitrogen and oxygen atoms in total. The summed E-state index contributed by atoms with van der Waals surface area (Å²) in [7, 11) is 0. The van der Waals surface area contributed by atoms with Gasteiger partial charge in [0.05, 0.1) is 11.0 Å². The fraction of sp³-hybridized carbons (Fsp3) is 0.300. The molecular weight excluding hydrogens is 372 g/mol. The van der Waals surface area contributed by atoms with Gasteiger partial charge in [-0.05, 0) is 44.5 Å². The Balaban J connectivity index is 1.70. The summed E-state index contributed by atoms with van der Waals surface area (Å²) in [5, 5.41) is 12.6. The molecular formula is C20H22N6OS. The Labute approximate surface area is 167 Å². The predicted octanol–water partition coefficient (Wildman–Crippen LogP) is 3.29. The van der Waals surface area contributed by atoms with Crippen molar-refractivity contribution in [1.29, 1.82) is 0 Å². The number of imidazole rings is 1. The molecule has 0 spiro atoms. The summed E-state index contributed by atoms with van der Waals surface area (Å²) in [6.07, 6.45) is 3.62. The van der Waals surface area contributed by atoms with Crippen LogP contribution in [0.2, 0.25) is 0 Å². The van der Waals surface area contributed by atoms with Gasteiger partial charge in [-0.2, -0.15) is 0 Å². The summed E-state index contributed by atoms with van der Waals surface area (Å²) in [5.41, 5.74) is 2.78. The van der Waals surface area contributed by atoms with Crippen LogP contribution in [0.25, 0.3) is 16.8 Å². The lowest BCUT2D eigenvalue weighted by molar-refractivity contribution is -0.122. The van der Waals surface area contributed by atoms with Crippen LogP contribution in [0.4, 0.5) is 0 Å². The topological polar surface area (TPSA) is 77.1 Å². The van der Waals surface area contributed by atoms with Crippen molar-refractivity contribution in [3.63, 3.8) is 0 Å². The van der Waals surface area contributed by atoms with Crippen molar-refractivity contribution >= 4 is 34.5 Å². The highest BCUT2D eigenvalue weighted by atomic mass is 32.2. The van der Waals surface area contributed by atoms with E-state index in [1.807, 2.05) is 72.3 Å². The smallest absolute Gasteiger partial charge is 0.240 e. The molecule has 0 saturated carbocycles. The Kier molecular flexibility index (Phi) is 4.80. The first-order chi connectivity index (χ1) is 13.4. The van der Waals surface area contributed by atoms with E-state index in [2.05, 4.69) is 20.5 Å². The van der Waals surface area contributed by atoms with E-state index in [0.717, 1.165) is 27.5 Å². The third-order valence-corrected chi connectivity index (χ3v) is 5.18. The van der Waals surface area contributed by atoms with Crippen molar-refractivity contribution in [3.8, 4) is 0 Å². The number of benzene rings is 1. The van der Waals surface area contributed by atoms with E-state index in [1.54, 1.807) is 18.0 Å². The van der Waals surface area contributed by atoms with Gasteiger partial charge < -0.3 is 5.32 Å². The fourth-order valence-electron chi connectivity index (χ4n) is 3.12. The highest BCUT2D eigenvalue weighted by Gasteiger charge is 2.20. The standard InChI is InChI=1S/C20H22N6OS/c1-20(2,3)22-17(27)12-25-15-8-4-5-9-16(15)26-18(25)23-24-19(26)28-13-14-7-6-10-21-11-14/h4-11H,12-13H2,1-3H3,(H,22,27). The Morgan fingerprint density at radius 2 is 1.89 bits per heavy atom. The van der Waals surface area contributed by atoms with Crippen LogP contribution in [-0.4, -0.2) is 35.6 Å². The Bertz CT molecular complexity index is 1130. The summed E-state index contributed by atoms with van der Waals surface area (Å²) in [4.78, 5) is 16.7. The van der Waals surface area contributed by atoms with Gasteiger partial charge in [-0.1, -0.05) is 30.0 Å². The van der Waals surface area contributed by atoms with Crippen molar-refractivity contribution in [1.82, 2.24) is 29.5 Å². The summed E-state index contributed by atoms with van der Waals surface area (Å²) in [6, 6.07) is 11.9. The molecule has 0 unspecified atom stereocenters. The summed E-state index contributed by atoms with van der Waals surface area (Å²) >= 11 is 1.60. The lowest BCUT2D eigenvalue weighted by Crippen LogP contribution is -2.42. The molecule has 0 saturated heterocycles. The zero-order chi connectivity index (χ0) is 19.7. The van der Waals surface area contributed by atoms with Gasteiger partial charge in [0.15, 0.2) is 5.16 Å². The number of carbonyl (C=O) groups excluding carboxylic acids is 1. The molecule has 3 heterocycles. The summed E-state index contributed by atoms with van der Waals surface area (Å²) < 4.78 is 3.93. The van der Waals surface area contributed by atoms with Gasteiger partial charge >= 0.3 is 0 Å². The number of aromatic nitrogens is 5. The molecule has 8 heteroatoms. The maximum absolute atomic E-state index is 12.5. The average Bonchev–Trinajstić information content (AvgIpc) is 3.19. The second kappa shape index (κ2) is 7.27. The molecule has 1 aromatic carbocycles. The summed E-state index contributed by atoms with van der Waals surface area (Å²) in [5.74, 6) is 1.36. The second-order valence-corrected chi connectivity index (χ2v) is 8.58. The van der Waals surface area contributed by atoms with Crippen LogP contribution in [0, 0.1) is 0 Å². The molecule has 0 atom stereocenters. The maximum atomic E-state index is 12.5. The van der Waals surface area contributed by atoms with Gasteiger partial charge in [-0.25, -0.2) is 0 Å². The van der Waals surface area contributed by atoms with Crippen LogP contribution in [0.15, 0.2) is 53.9 Å². The fourth-order valence-corrected chi connectivity index (χ4v) is 3.99. The SMILES string of the molecule is CC(C)(C)NC(=O)Cn1c2ccccc2n2c(SCc3cccnc3)nnc12. The first kappa shape index (κ1) is 18.5. The van der Waals surface area contributed by atoms with E-state index < -0.39 is 0 Å². The van der Waals surface area contributed by atoms with Crippen molar-refractivity contribution in [2.45, 2.75) is 43.8 Å². The first-order valence-corrected chi connectivity index (χ1v) is 10.1. The monoisotopic (exact) mass is 394 g/mol. The molecule has 28 heavy (non-hydrogen) atoms. The first-order valence-electron chi connectivity index (χ1n) is 9.07. The quantitative estimate of drug-likeness (QED) is 0.526. The van der Waals surface area contributed by atoms with Gasteiger partial charge in [-0.15, -0.1) is 10.2 Å². The number of rotatable bonds is 5. The van der Waals surface area contributed by atoms with Crippen LogP contribution in [0.3, 0.4) is 0 Å². The van der Waals surface area contributed by atoms with E-state index in [9.17, 15) is 4.79 Å². The maximum Gasteiger partial charge on any atom is 0.240 e. The van der Waals surface area contributed by atoms with E-state index in [0.29, 0.717) is 5.78 Å². The third kappa shape index (κ3) is 3.73. The number of nitrogens with one attached hydrogen (secondary N) is 1. The highest BCUT2D eigenvalue weighted by molar-refractivity contribution is 7.98. The largest absolute Gasteiger partial charge is 0.350 e. The molecule has 0 radical (unpaired) electrons. The second-order valence-electron chi connectivity index (χ2n) is 7.64. The number of hydrogen-bond acceptors (Lipinski definition) is 5. The predicted molar refractivity (Wildman–Crippen MR) is 110 cm³/mol. The van der Waals surface area contributed by atoms with Crippen LogP contribution in [-0.2, 0) is 17.1 Å². The number of para-hydroxylation sites is 2.